The number of unbranched alkanes of at least 4 members (excludes halogenated alkanes) is 34. The van der Waals surface area contributed by atoms with E-state index in [-0.39, 0.29) is 44.0 Å². The minimum Gasteiger partial charge on any atom is -0.462 e. The largest absolute Gasteiger partial charge is 0.462 e. The second kappa shape index (κ2) is 66.8. The second-order valence-electron chi connectivity index (χ2n) is 22.3. The fourth-order valence-electron chi connectivity index (χ4n) is 9.63. The highest BCUT2D eigenvalue weighted by Crippen LogP contribution is 2.18. The van der Waals surface area contributed by atoms with Gasteiger partial charge in [0.15, 0.2) is 6.10 Å². The number of hydrogen-bond donors (Lipinski definition) is 0. The number of ether oxygens (including phenoxy) is 3. The zero-order valence-corrected chi connectivity index (χ0v) is 52.1. The van der Waals surface area contributed by atoms with E-state index >= 15 is 0 Å². The first kappa shape index (κ1) is 75.3. The molecule has 0 bridgehead atoms. The number of allylic oxidation sites excluding steroid dienone is 16. The van der Waals surface area contributed by atoms with Gasteiger partial charge in [-0.15, -0.1) is 0 Å². The topological polar surface area (TPSA) is 78.9 Å². The van der Waals surface area contributed by atoms with Gasteiger partial charge >= 0.3 is 17.9 Å². The van der Waals surface area contributed by atoms with Gasteiger partial charge in [0.25, 0.3) is 0 Å². The number of hydrogen-bond acceptors (Lipinski definition) is 6. The Bertz CT molecular complexity index is 1540. The molecular weight excluding hydrogens is 973 g/mol. The maximum atomic E-state index is 12.9. The average molecular weight is 1100 g/mol. The van der Waals surface area contributed by atoms with E-state index in [0.717, 1.165) is 103 Å². The zero-order chi connectivity index (χ0) is 57.1. The Hall–Kier alpha value is -3.67. The Morgan fingerprint density at radius 1 is 0.266 bits per heavy atom. The van der Waals surface area contributed by atoms with E-state index in [9.17, 15) is 14.4 Å². The van der Waals surface area contributed by atoms with Crippen LogP contribution in [0.3, 0.4) is 0 Å². The predicted octanol–water partition coefficient (Wildman–Crippen LogP) is 23.2. The van der Waals surface area contributed by atoms with Crippen molar-refractivity contribution in [2.75, 3.05) is 13.2 Å². The van der Waals surface area contributed by atoms with E-state index in [1.54, 1.807) is 0 Å². The standard InChI is InChI=1S/C73H126O6/c1-4-7-10-13-16-19-22-25-27-29-30-31-32-33-34-35-36-37-38-39-40-41-42-44-45-48-51-54-57-60-63-66-72(75)78-69-70(68-77-71(74)65-62-59-56-53-50-47-24-21-18-15-12-9-6-3)79-73(76)67-64-61-58-55-52-49-46-43-28-26-23-20-17-14-11-8-5-2/h8-9,11-12,17-18,20-21,26,28,46-47,49-50,56,59,70H,4-7,10,13-16,19,22-25,27,29-45,48,51-55,57-58,60-69H2,1-3H3/b11-8-,12-9-,20-17-,21-18-,28-26-,49-46-,50-47-,59-56-. The number of carbonyl (C=O) groups is 3. The van der Waals surface area contributed by atoms with Crippen LogP contribution in [0.25, 0.3) is 0 Å². The van der Waals surface area contributed by atoms with Crippen molar-refractivity contribution in [2.24, 2.45) is 0 Å². The Labute approximate surface area is 489 Å². The first-order chi connectivity index (χ1) is 39.0. The van der Waals surface area contributed by atoms with Crippen molar-refractivity contribution in [1.82, 2.24) is 0 Å². The lowest BCUT2D eigenvalue weighted by Crippen LogP contribution is -2.30. The Balaban J connectivity index is 4.21. The third-order valence-electron chi connectivity index (χ3n) is 14.6. The Morgan fingerprint density at radius 2 is 0.519 bits per heavy atom. The normalized spacial score (nSPS) is 12.7. The molecule has 0 spiro atoms. The van der Waals surface area contributed by atoms with E-state index in [2.05, 4.69) is 112 Å². The van der Waals surface area contributed by atoms with Crippen LogP contribution in [0.5, 0.6) is 0 Å². The van der Waals surface area contributed by atoms with E-state index < -0.39 is 6.10 Å². The molecule has 0 aromatic carbocycles. The second-order valence-corrected chi connectivity index (χ2v) is 22.3. The number of carbonyl (C=O) groups excluding carboxylic acids is 3. The zero-order valence-electron chi connectivity index (χ0n) is 52.1. The third kappa shape index (κ3) is 65.0. The Kier molecular flexibility index (Phi) is 63.7. The molecule has 0 aliphatic rings. The van der Waals surface area contributed by atoms with Crippen LogP contribution in [0, 0.1) is 0 Å². The van der Waals surface area contributed by atoms with Gasteiger partial charge in [0.2, 0.25) is 0 Å². The molecule has 0 aromatic heterocycles. The molecule has 0 amide bonds. The molecule has 0 rings (SSSR count). The minimum atomic E-state index is -0.820. The van der Waals surface area contributed by atoms with Crippen LogP contribution in [-0.2, 0) is 28.6 Å². The molecule has 0 aromatic rings. The summed E-state index contributed by atoms with van der Waals surface area (Å²) in [5.41, 5.74) is 0. The summed E-state index contributed by atoms with van der Waals surface area (Å²) in [6.07, 6.45) is 90.4. The summed E-state index contributed by atoms with van der Waals surface area (Å²) in [5.74, 6) is -1.01. The minimum absolute atomic E-state index is 0.108. The predicted molar refractivity (Wildman–Crippen MR) is 344 cm³/mol. The SMILES string of the molecule is CC/C=C\C/C=C\C/C=C\C/C=C\CCCCCCC(=O)OC(COC(=O)CC/C=C\C/C=C\C/C=C\C/C=C\CC)COC(=O)CCCCCCCCCCCCCCCCCCCCCCCCCCCCCCCCC. The van der Waals surface area contributed by atoms with E-state index in [0.29, 0.717) is 12.8 Å². The summed E-state index contributed by atoms with van der Waals surface area (Å²) in [6.45, 7) is 6.36. The highest BCUT2D eigenvalue weighted by molar-refractivity contribution is 5.71. The van der Waals surface area contributed by atoms with Gasteiger partial charge < -0.3 is 14.2 Å². The van der Waals surface area contributed by atoms with Crippen molar-refractivity contribution >= 4 is 17.9 Å². The lowest BCUT2D eigenvalue weighted by molar-refractivity contribution is -0.166. The molecular formula is C73H126O6. The summed E-state index contributed by atoms with van der Waals surface area (Å²) < 4.78 is 16.8. The first-order valence-electron chi connectivity index (χ1n) is 33.7. The highest BCUT2D eigenvalue weighted by atomic mass is 16.6. The van der Waals surface area contributed by atoms with Gasteiger partial charge in [-0.3, -0.25) is 14.4 Å². The summed E-state index contributed by atoms with van der Waals surface area (Å²) in [5, 5.41) is 0. The Morgan fingerprint density at radius 3 is 0.848 bits per heavy atom. The molecule has 6 nitrogen and oxygen atoms in total. The fourth-order valence-corrected chi connectivity index (χ4v) is 9.63. The van der Waals surface area contributed by atoms with Gasteiger partial charge in [-0.1, -0.05) is 323 Å². The molecule has 0 heterocycles. The smallest absolute Gasteiger partial charge is 0.306 e. The van der Waals surface area contributed by atoms with Crippen molar-refractivity contribution < 1.29 is 28.6 Å². The van der Waals surface area contributed by atoms with Crippen LogP contribution >= 0.6 is 0 Å². The average Bonchev–Trinajstić information content (AvgIpc) is 3.45. The molecule has 0 radical (unpaired) electrons. The summed E-state index contributed by atoms with van der Waals surface area (Å²) >= 11 is 0. The van der Waals surface area contributed by atoms with Crippen molar-refractivity contribution in [1.29, 1.82) is 0 Å². The molecule has 454 valence electrons. The first-order valence-corrected chi connectivity index (χ1v) is 33.7. The fraction of sp³-hybridized carbons (Fsp3) is 0.740. The van der Waals surface area contributed by atoms with Gasteiger partial charge in [0, 0.05) is 19.3 Å². The number of esters is 3. The van der Waals surface area contributed by atoms with Gasteiger partial charge in [-0.2, -0.15) is 0 Å². The van der Waals surface area contributed by atoms with Crippen molar-refractivity contribution in [2.45, 2.75) is 335 Å². The third-order valence-corrected chi connectivity index (χ3v) is 14.6. The molecule has 0 fully saturated rings. The molecule has 0 N–H and O–H groups in total. The van der Waals surface area contributed by atoms with E-state index in [1.807, 2.05) is 6.08 Å². The molecule has 79 heavy (non-hydrogen) atoms. The number of rotatable bonds is 61. The monoisotopic (exact) mass is 1100 g/mol. The molecule has 0 aliphatic carbocycles. The van der Waals surface area contributed by atoms with Crippen LogP contribution in [0.4, 0.5) is 0 Å². The highest BCUT2D eigenvalue weighted by Gasteiger charge is 2.19. The van der Waals surface area contributed by atoms with Gasteiger partial charge in [-0.25, -0.2) is 0 Å². The summed E-state index contributed by atoms with van der Waals surface area (Å²) in [6, 6.07) is 0. The molecule has 0 saturated heterocycles. The van der Waals surface area contributed by atoms with E-state index in [1.165, 1.54) is 180 Å². The lowest BCUT2D eigenvalue weighted by atomic mass is 10.0. The molecule has 0 saturated carbocycles. The molecule has 1 atom stereocenters. The van der Waals surface area contributed by atoms with Crippen LogP contribution in [0.1, 0.15) is 329 Å². The quantitative estimate of drug-likeness (QED) is 0.0261. The summed E-state index contributed by atoms with van der Waals surface area (Å²) in [7, 11) is 0. The van der Waals surface area contributed by atoms with Gasteiger partial charge in [0.1, 0.15) is 13.2 Å². The molecule has 6 heteroatoms. The van der Waals surface area contributed by atoms with Gasteiger partial charge in [0.05, 0.1) is 0 Å². The van der Waals surface area contributed by atoms with Crippen LogP contribution < -0.4 is 0 Å². The molecule has 0 aliphatic heterocycles. The molecule has 1 unspecified atom stereocenters. The van der Waals surface area contributed by atoms with Crippen molar-refractivity contribution in [3.05, 3.63) is 97.2 Å². The van der Waals surface area contributed by atoms with E-state index in [4.69, 9.17) is 14.2 Å². The van der Waals surface area contributed by atoms with Crippen LogP contribution in [-0.4, -0.2) is 37.2 Å². The van der Waals surface area contributed by atoms with Gasteiger partial charge in [-0.05, 0) is 83.5 Å². The maximum absolute atomic E-state index is 12.9. The van der Waals surface area contributed by atoms with Crippen LogP contribution in [0.15, 0.2) is 97.2 Å². The van der Waals surface area contributed by atoms with Crippen molar-refractivity contribution in [3.8, 4) is 0 Å². The lowest BCUT2D eigenvalue weighted by Gasteiger charge is -2.18. The summed E-state index contributed by atoms with van der Waals surface area (Å²) in [4.78, 5) is 38.2. The van der Waals surface area contributed by atoms with Crippen LogP contribution in [0.2, 0.25) is 0 Å². The van der Waals surface area contributed by atoms with Crippen molar-refractivity contribution in [3.63, 3.8) is 0 Å². The maximum Gasteiger partial charge on any atom is 0.306 e.